The van der Waals surface area contributed by atoms with Crippen LogP contribution in [0.15, 0.2) is 35.5 Å². The number of carbonyl (C=O) groups is 1. The molecule has 0 radical (unpaired) electrons. The highest BCUT2D eigenvalue weighted by Gasteiger charge is 2.36. The molecule has 1 aromatic carbocycles. The number of carbonyl (C=O) groups excluding carboxylic acids is 1. The molecule has 1 aromatic heterocycles. The van der Waals surface area contributed by atoms with E-state index >= 15 is 0 Å². The third kappa shape index (κ3) is 2.89. The third-order valence-electron chi connectivity index (χ3n) is 4.39. The average molecular weight is 357 g/mol. The number of nitro groups is 1. The number of aromatic nitrogens is 4. The molecule has 10 nitrogen and oxygen atoms in total. The van der Waals surface area contributed by atoms with Crippen LogP contribution in [0.3, 0.4) is 0 Å². The summed E-state index contributed by atoms with van der Waals surface area (Å²) in [7, 11) is 0. The largest absolute Gasteiger partial charge is 0.339 e. The van der Waals surface area contributed by atoms with Crippen LogP contribution in [0.1, 0.15) is 32.4 Å². The molecule has 26 heavy (non-hydrogen) atoms. The van der Waals surface area contributed by atoms with Crippen molar-refractivity contribution >= 4 is 17.5 Å². The van der Waals surface area contributed by atoms with Crippen molar-refractivity contribution in [3.63, 3.8) is 0 Å². The molecule has 1 atom stereocenters. The van der Waals surface area contributed by atoms with Crippen LogP contribution in [0.2, 0.25) is 0 Å². The van der Waals surface area contributed by atoms with Crippen LogP contribution in [0.4, 0.5) is 11.6 Å². The van der Waals surface area contributed by atoms with E-state index in [0.29, 0.717) is 35.9 Å². The zero-order chi connectivity index (χ0) is 18.8. The number of tetrazole rings is 1. The van der Waals surface area contributed by atoms with Gasteiger partial charge >= 0.3 is 0 Å². The molecule has 1 amide bonds. The van der Waals surface area contributed by atoms with Crippen LogP contribution >= 0.6 is 0 Å². The van der Waals surface area contributed by atoms with E-state index in [1.807, 2.05) is 13.8 Å². The van der Waals surface area contributed by atoms with Crippen molar-refractivity contribution < 1.29 is 9.72 Å². The van der Waals surface area contributed by atoms with Crippen molar-refractivity contribution in [2.24, 2.45) is 0 Å². The van der Waals surface area contributed by atoms with Crippen LogP contribution in [0, 0.1) is 10.1 Å². The Morgan fingerprint density at radius 3 is 2.77 bits per heavy atom. The lowest BCUT2D eigenvalue weighted by atomic mass is 9.94. The van der Waals surface area contributed by atoms with Gasteiger partial charge in [0.1, 0.15) is 6.04 Å². The first kappa shape index (κ1) is 17.5. The fraction of sp³-hybridized carbons (Fsp3) is 0.375. The molecule has 0 aliphatic carbocycles. The lowest BCUT2D eigenvalue weighted by Gasteiger charge is -2.31. The number of nitrogens with zero attached hydrogens (tertiary/aromatic N) is 6. The van der Waals surface area contributed by atoms with Gasteiger partial charge in [0.25, 0.3) is 11.6 Å². The fourth-order valence-corrected chi connectivity index (χ4v) is 3.09. The van der Waals surface area contributed by atoms with E-state index in [2.05, 4.69) is 20.8 Å². The standard InChI is InChI=1S/C16H19N7O3/c1-4-21(5-2)15(24)13-10(3)17-16-18-19-20-22(16)14(13)11-7-6-8-12(9-11)23(25)26/h6-9,14H,4-5H2,1-3H3,(H,17,18,20). The second kappa shape index (κ2) is 6.90. The van der Waals surface area contributed by atoms with E-state index in [0.717, 1.165) is 0 Å². The van der Waals surface area contributed by atoms with Crippen LogP contribution in [0.5, 0.6) is 0 Å². The molecule has 10 heteroatoms. The number of likely N-dealkylation sites (N-methyl/N-ethyl adjacent to an activating group) is 1. The molecular weight excluding hydrogens is 338 g/mol. The number of fused-ring (bicyclic) bond motifs is 1. The van der Waals surface area contributed by atoms with Crippen molar-refractivity contribution in [3.05, 3.63) is 51.2 Å². The Balaban J connectivity index is 2.16. The molecule has 0 saturated carbocycles. The Bertz CT molecular complexity index is 885. The molecule has 0 spiro atoms. The monoisotopic (exact) mass is 357 g/mol. The van der Waals surface area contributed by atoms with Gasteiger partial charge in [-0.1, -0.05) is 17.2 Å². The lowest BCUT2D eigenvalue weighted by molar-refractivity contribution is -0.384. The zero-order valence-electron chi connectivity index (χ0n) is 14.7. The van der Waals surface area contributed by atoms with Gasteiger partial charge in [0, 0.05) is 30.9 Å². The van der Waals surface area contributed by atoms with E-state index in [1.165, 1.54) is 16.8 Å². The van der Waals surface area contributed by atoms with Gasteiger partial charge in [0.15, 0.2) is 0 Å². The predicted molar refractivity (Wildman–Crippen MR) is 93.3 cm³/mol. The number of nitro benzene ring substituents is 1. The zero-order valence-corrected chi connectivity index (χ0v) is 14.7. The van der Waals surface area contributed by atoms with Crippen LogP contribution in [-0.4, -0.2) is 49.0 Å². The first-order chi connectivity index (χ1) is 12.5. The van der Waals surface area contributed by atoms with E-state index in [-0.39, 0.29) is 11.6 Å². The summed E-state index contributed by atoms with van der Waals surface area (Å²) in [5.74, 6) is 0.229. The Labute approximate surface area is 149 Å². The summed E-state index contributed by atoms with van der Waals surface area (Å²) in [6.45, 7) is 6.68. The van der Waals surface area contributed by atoms with Gasteiger partial charge in [-0.3, -0.25) is 14.9 Å². The second-order valence-corrected chi connectivity index (χ2v) is 5.84. The first-order valence-corrected chi connectivity index (χ1v) is 8.27. The number of benzene rings is 1. The topological polar surface area (TPSA) is 119 Å². The molecule has 1 aliphatic heterocycles. The quantitative estimate of drug-likeness (QED) is 0.639. The first-order valence-electron chi connectivity index (χ1n) is 8.27. The van der Waals surface area contributed by atoms with Crippen LogP contribution in [0.25, 0.3) is 0 Å². The third-order valence-corrected chi connectivity index (χ3v) is 4.39. The summed E-state index contributed by atoms with van der Waals surface area (Å²) in [4.78, 5) is 25.5. The van der Waals surface area contributed by atoms with Crippen molar-refractivity contribution in [3.8, 4) is 0 Å². The molecule has 3 rings (SSSR count). The van der Waals surface area contributed by atoms with Gasteiger partial charge in [0.2, 0.25) is 5.95 Å². The molecular formula is C16H19N7O3. The SMILES string of the molecule is CCN(CC)C(=O)C1=C(C)Nc2nnnn2C1c1cccc([N+](=O)[O-])c1. The second-order valence-electron chi connectivity index (χ2n) is 5.84. The summed E-state index contributed by atoms with van der Waals surface area (Å²) in [5.41, 5.74) is 1.61. The fourth-order valence-electron chi connectivity index (χ4n) is 3.09. The number of rotatable bonds is 5. The van der Waals surface area contributed by atoms with E-state index in [1.54, 1.807) is 24.0 Å². The molecule has 0 bridgehead atoms. The van der Waals surface area contributed by atoms with Crippen LogP contribution < -0.4 is 5.32 Å². The summed E-state index contributed by atoms with van der Waals surface area (Å²) in [5, 5.41) is 25.8. The number of amides is 1. The Morgan fingerprint density at radius 1 is 1.38 bits per heavy atom. The average Bonchev–Trinajstić information content (AvgIpc) is 3.09. The Hall–Kier alpha value is -3.30. The number of non-ortho nitro benzene ring substituents is 1. The van der Waals surface area contributed by atoms with Gasteiger partial charge in [-0.25, -0.2) is 0 Å². The summed E-state index contributed by atoms with van der Waals surface area (Å²) in [6.07, 6.45) is 0. The Kier molecular flexibility index (Phi) is 4.65. The highest BCUT2D eigenvalue weighted by molar-refractivity contribution is 5.96. The minimum atomic E-state index is -0.644. The highest BCUT2D eigenvalue weighted by atomic mass is 16.6. The smallest absolute Gasteiger partial charge is 0.269 e. The molecule has 2 aromatic rings. The van der Waals surface area contributed by atoms with E-state index in [9.17, 15) is 14.9 Å². The van der Waals surface area contributed by atoms with E-state index in [4.69, 9.17) is 0 Å². The van der Waals surface area contributed by atoms with Crippen molar-refractivity contribution in [2.45, 2.75) is 26.8 Å². The lowest BCUT2D eigenvalue weighted by Crippen LogP contribution is -2.38. The van der Waals surface area contributed by atoms with Crippen molar-refractivity contribution in [1.29, 1.82) is 0 Å². The van der Waals surface area contributed by atoms with Gasteiger partial charge in [0.05, 0.1) is 10.5 Å². The Morgan fingerprint density at radius 2 is 2.12 bits per heavy atom. The van der Waals surface area contributed by atoms with Crippen LogP contribution in [-0.2, 0) is 4.79 Å². The minimum Gasteiger partial charge on any atom is -0.339 e. The summed E-state index contributed by atoms with van der Waals surface area (Å²) < 4.78 is 1.47. The normalized spacial score (nSPS) is 16.0. The molecule has 1 aliphatic rings. The number of nitrogens with one attached hydrogen (secondary N) is 1. The highest BCUT2D eigenvalue weighted by Crippen LogP contribution is 2.36. The number of allylic oxidation sites excluding steroid dienone is 1. The molecule has 1 N–H and O–H groups in total. The van der Waals surface area contributed by atoms with E-state index < -0.39 is 11.0 Å². The number of anilines is 1. The molecule has 0 saturated heterocycles. The molecule has 1 unspecified atom stereocenters. The van der Waals surface area contributed by atoms with Gasteiger partial charge in [-0.15, -0.1) is 0 Å². The van der Waals surface area contributed by atoms with Gasteiger partial charge < -0.3 is 10.2 Å². The number of hydrogen-bond donors (Lipinski definition) is 1. The maximum Gasteiger partial charge on any atom is 0.269 e. The number of hydrogen-bond acceptors (Lipinski definition) is 7. The maximum absolute atomic E-state index is 13.1. The molecule has 0 fully saturated rings. The van der Waals surface area contributed by atoms with Gasteiger partial charge in [-0.05, 0) is 36.8 Å². The summed E-state index contributed by atoms with van der Waals surface area (Å²) in [6, 6.07) is 5.54. The van der Waals surface area contributed by atoms with Crippen molar-refractivity contribution in [1.82, 2.24) is 25.1 Å². The van der Waals surface area contributed by atoms with Crippen molar-refractivity contribution in [2.75, 3.05) is 18.4 Å². The predicted octanol–water partition coefficient (Wildman–Crippen LogP) is 1.74. The summed E-state index contributed by atoms with van der Waals surface area (Å²) >= 11 is 0. The maximum atomic E-state index is 13.1. The molecule has 2 heterocycles. The minimum absolute atomic E-state index is 0.0528. The van der Waals surface area contributed by atoms with Gasteiger partial charge in [-0.2, -0.15) is 4.68 Å². The molecule has 136 valence electrons.